The number of likely N-dealkylation sites (N-methyl/N-ethyl adjacent to an activating group) is 1. The molecule has 1 unspecified atom stereocenters. The topological polar surface area (TPSA) is 53.6 Å². The molecule has 1 aliphatic heterocycles. The quantitative estimate of drug-likeness (QED) is 0.766. The smallest absolute Gasteiger partial charge is 0.255 e. The Labute approximate surface area is 139 Å². The van der Waals surface area contributed by atoms with E-state index in [1.165, 1.54) is 12.8 Å². The monoisotopic (exact) mass is 319 g/mol. The van der Waals surface area contributed by atoms with E-state index in [1.54, 1.807) is 0 Å². The predicted molar refractivity (Wildman–Crippen MR) is 93.0 cm³/mol. The van der Waals surface area contributed by atoms with Crippen molar-refractivity contribution in [3.8, 4) is 5.75 Å². The van der Waals surface area contributed by atoms with Crippen LogP contribution in [0.25, 0.3) is 0 Å². The van der Waals surface area contributed by atoms with Crippen molar-refractivity contribution in [1.29, 1.82) is 0 Å². The van der Waals surface area contributed by atoms with Crippen LogP contribution < -0.4 is 15.4 Å². The van der Waals surface area contributed by atoms with E-state index < -0.39 is 0 Å². The summed E-state index contributed by atoms with van der Waals surface area (Å²) < 4.78 is 5.75. The molecule has 0 saturated carbocycles. The van der Waals surface area contributed by atoms with Crippen LogP contribution in [0, 0.1) is 5.92 Å². The van der Waals surface area contributed by atoms with Gasteiger partial charge < -0.3 is 20.3 Å². The highest BCUT2D eigenvalue weighted by molar-refractivity contribution is 5.96. The molecular formula is C18H29N3O2. The lowest BCUT2D eigenvalue weighted by atomic mass is 9.96. The minimum absolute atomic E-state index is 0.0470. The molecule has 1 saturated heterocycles. The molecule has 1 aliphatic rings. The van der Waals surface area contributed by atoms with Gasteiger partial charge in [-0.15, -0.1) is 0 Å². The highest BCUT2D eigenvalue weighted by Gasteiger charge is 2.15. The fourth-order valence-electron chi connectivity index (χ4n) is 2.77. The molecule has 1 atom stereocenters. The number of hydrogen-bond donors (Lipinski definition) is 2. The maximum absolute atomic E-state index is 12.4. The lowest BCUT2D eigenvalue weighted by Crippen LogP contribution is -2.33. The number of hydrogen-bond acceptors (Lipinski definition) is 4. The van der Waals surface area contributed by atoms with E-state index in [0.717, 1.165) is 32.6 Å². The van der Waals surface area contributed by atoms with E-state index in [2.05, 4.69) is 15.5 Å². The third-order valence-corrected chi connectivity index (χ3v) is 4.16. The fourth-order valence-corrected chi connectivity index (χ4v) is 2.77. The van der Waals surface area contributed by atoms with E-state index in [4.69, 9.17) is 4.74 Å². The molecule has 1 aromatic rings. The summed E-state index contributed by atoms with van der Waals surface area (Å²) in [4.78, 5) is 14.4. The molecule has 5 nitrogen and oxygen atoms in total. The van der Waals surface area contributed by atoms with Gasteiger partial charge >= 0.3 is 0 Å². The molecule has 0 radical (unpaired) electrons. The molecule has 0 aliphatic carbocycles. The highest BCUT2D eigenvalue weighted by Crippen LogP contribution is 2.18. The average molecular weight is 319 g/mol. The van der Waals surface area contributed by atoms with Crippen molar-refractivity contribution in [3.63, 3.8) is 0 Å². The third kappa shape index (κ3) is 6.20. The van der Waals surface area contributed by atoms with Crippen LogP contribution in [0.2, 0.25) is 0 Å². The molecule has 1 heterocycles. The van der Waals surface area contributed by atoms with Crippen molar-refractivity contribution in [3.05, 3.63) is 29.8 Å². The number of nitrogens with one attached hydrogen (secondary N) is 2. The normalized spacial score (nSPS) is 18.0. The number of rotatable bonds is 8. The Hall–Kier alpha value is -1.59. The SMILES string of the molecule is CN(C)CCOc1ccccc1C(=O)NCCC1CCCNC1. The van der Waals surface area contributed by atoms with Gasteiger partial charge in [0.2, 0.25) is 0 Å². The first-order valence-corrected chi connectivity index (χ1v) is 8.52. The van der Waals surface area contributed by atoms with Crippen molar-refractivity contribution in [2.45, 2.75) is 19.3 Å². The van der Waals surface area contributed by atoms with Crippen molar-refractivity contribution in [2.75, 3.05) is 46.9 Å². The standard InChI is InChI=1S/C18H29N3O2/c1-21(2)12-13-23-17-8-4-3-7-16(17)18(22)20-11-9-15-6-5-10-19-14-15/h3-4,7-8,15,19H,5-6,9-14H2,1-2H3,(H,20,22). The second-order valence-corrected chi connectivity index (χ2v) is 6.40. The summed E-state index contributed by atoms with van der Waals surface area (Å²) >= 11 is 0. The predicted octanol–water partition coefficient (Wildman–Crippen LogP) is 1.75. The first-order chi connectivity index (χ1) is 11.2. The Morgan fingerprint density at radius 1 is 1.39 bits per heavy atom. The largest absolute Gasteiger partial charge is 0.491 e. The van der Waals surface area contributed by atoms with Gasteiger partial charge in [-0.3, -0.25) is 4.79 Å². The number of amides is 1. The number of piperidine rings is 1. The molecule has 1 amide bonds. The van der Waals surface area contributed by atoms with Gasteiger partial charge in [-0.2, -0.15) is 0 Å². The van der Waals surface area contributed by atoms with Gasteiger partial charge in [-0.25, -0.2) is 0 Å². The Kier molecular flexibility index (Phi) is 7.36. The minimum Gasteiger partial charge on any atom is -0.491 e. The maximum atomic E-state index is 12.4. The molecular weight excluding hydrogens is 290 g/mol. The summed E-state index contributed by atoms with van der Waals surface area (Å²) in [5.74, 6) is 1.29. The van der Waals surface area contributed by atoms with Crippen molar-refractivity contribution in [2.24, 2.45) is 5.92 Å². The van der Waals surface area contributed by atoms with Crippen LogP contribution in [0.3, 0.4) is 0 Å². The van der Waals surface area contributed by atoms with E-state index >= 15 is 0 Å². The zero-order valence-corrected chi connectivity index (χ0v) is 14.3. The lowest BCUT2D eigenvalue weighted by molar-refractivity contribution is 0.0946. The van der Waals surface area contributed by atoms with E-state index in [0.29, 0.717) is 23.8 Å². The average Bonchev–Trinajstić information content (AvgIpc) is 2.56. The van der Waals surface area contributed by atoms with Crippen LogP contribution >= 0.6 is 0 Å². The molecule has 2 N–H and O–H groups in total. The molecule has 0 aromatic heterocycles. The second kappa shape index (κ2) is 9.53. The zero-order valence-electron chi connectivity index (χ0n) is 14.3. The number of para-hydroxylation sites is 1. The molecule has 0 spiro atoms. The summed E-state index contributed by atoms with van der Waals surface area (Å²) in [5.41, 5.74) is 0.619. The van der Waals surface area contributed by atoms with E-state index in [9.17, 15) is 4.79 Å². The number of benzene rings is 1. The van der Waals surface area contributed by atoms with E-state index in [1.807, 2.05) is 38.4 Å². The maximum Gasteiger partial charge on any atom is 0.255 e. The van der Waals surface area contributed by atoms with Crippen LogP contribution in [0.5, 0.6) is 5.75 Å². The second-order valence-electron chi connectivity index (χ2n) is 6.40. The van der Waals surface area contributed by atoms with Gasteiger partial charge in [0.1, 0.15) is 12.4 Å². The lowest BCUT2D eigenvalue weighted by Gasteiger charge is -2.22. The first-order valence-electron chi connectivity index (χ1n) is 8.52. The third-order valence-electron chi connectivity index (χ3n) is 4.16. The molecule has 1 aromatic carbocycles. The van der Waals surface area contributed by atoms with Gasteiger partial charge in [0, 0.05) is 13.1 Å². The van der Waals surface area contributed by atoms with E-state index in [-0.39, 0.29) is 5.91 Å². The van der Waals surface area contributed by atoms with Gasteiger partial charge in [0.15, 0.2) is 0 Å². The first kappa shape index (κ1) is 17.8. The fraction of sp³-hybridized carbons (Fsp3) is 0.611. The number of nitrogens with zero attached hydrogens (tertiary/aromatic N) is 1. The summed E-state index contributed by atoms with van der Waals surface area (Å²) in [5, 5.41) is 6.44. The van der Waals surface area contributed by atoms with Gasteiger partial charge in [0.05, 0.1) is 5.56 Å². The zero-order chi connectivity index (χ0) is 16.5. The van der Waals surface area contributed by atoms with Crippen molar-refractivity contribution in [1.82, 2.24) is 15.5 Å². The number of carbonyl (C=O) groups is 1. The highest BCUT2D eigenvalue weighted by atomic mass is 16.5. The number of ether oxygens (including phenoxy) is 1. The Bertz CT molecular complexity index is 485. The summed E-state index contributed by atoms with van der Waals surface area (Å²) in [6.07, 6.45) is 3.52. The molecule has 128 valence electrons. The summed E-state index contributed by atoms with van der Waals surface area (Å²) in [6.45, 7) is 4.31. The van der Waals surface area contributed by atoms with Gasteiger partial charge in [0.25, 0.3) is 5.91 Å². The molecule has 23 heavy (non-hydrogen) atoms. The molecule has 0 bridgehead atoms. The summed E-state index contributed by atoms with van der Waals surface area (Å²) in [6, 6.07) is 7.45. The molecule has 5 heteroatoms. The van der Waals surface area contributed by atoms with Crippen LogP contribution in [-0.2, 0) is 0 Å². The van der Waals surface area contributed by atoms with Crippen LogP contribution in [-0.4, -0.2) is 57.7 Å². The Morgan fingerprint density at radius 2 is 2.22 bits per heavy atom. The Morgan fingerprint density at radius 3 is 2.96 bits per heavy atom. The van der Waals surface area contributed by atoms with Gasteiger partial charge in [-0.05, 0) is 64.5 Å². The van der Waals surface area contributed by atoms with Crippen LogP contribution in [0.15, 0.2) is 24.3 Å². The minimum atomic E-state index is -0.0470. The Balaban J connectivity index is 1.80. The van der Waals surface area contributed by atoms with Gasteiger partial charge in [-0.1, -0.05) is 12.1 Å². The van der Waals surface area contributed by atoms with Crippen molar-refractivity contribution >= 4 is 5.91 Å². The molecule has 2 rings (SSSR count). The summed E-state index contributed by atoms with van der Waals surface area (Å²) in [7, 11) is 4.00. The molecule has 1 fully saturated rings. The van der Waals surface area contributed by atoms with Crippen LogP contribution in [0.1, 0.15) is 29.6 Å². The number of carbonyl (C=O) groups excluding carboxylic acids is 1. The van der Waals surface area contributed by atoms with Crippen molar-refractivity contribution < 1.29 is 9.53 Å². The van der Waals surface area contributed by atoms with Crippen LogP contribution in [0.4, 0.5) is 0 Å².